The maximum atomic E-state index is 14.4. The summed E-state index contributed by atoms with van der Waals surface area (Å²) in [5.41, 5.74) is 3.18. The van der Waals surface area contributed by atoms with E-state index < -0.39 is 6.23 Å². The highest BCUT2D eigenvalue weighted by molar-refractivity contribution is 7.98. The van der Waals surface area contributed by atoms with Crippen LogP contribution in [0.25, 0.3) is 5.69 Å². The van der Waals surface area contributed by atoms with E-state index in [0.717, 1.165) is 21.8 Å². The monoisotopic (exact) mass is 353 g/mol. The van der Waals surface area contributed by atoms with Crippen LogP contribution in [0.2, 0.25) is 0 Å². The van der Waals surface area contributed by atoms with Crippen molar-refractivity contribution in [1.82, 2.24) is 9.55 Å². The molecule has 25 heavy (non-hydrogen) atoms. The van der Waals surface area contributed by atoms with E-state index >= 15 is 0 Å². The second-order valence-corrected chi connectivity index (χ2v) is 6.70. The third-order valence-corrected chi connectivity index (χ3v) is 4.91. The molecule has 2 aromatic carbocycles. The number of aliphatic imine (C=N–C) groups is 1. The molecule has 126 valence electrons. The van der Waals surface area contributed by atoms with Gasteiger partial charge < -0.3 is 5.11 Å². The standard InChI is InChI=1S/C19H16FN3OS/c1-11-10-23-16-8-7-12(25-2)9-14(16)17(22-19(24)18(23)21-11)13-5-3-4-6-15(13)20/h3-10,19,24H,1-2H3. The largest absolute Gasteiger partial charge is 0.365 e. The molecule has 2 heterocycles. The molecule has 4 nitrogen and oxygen atoms in total. The molecular weight excluding hydrogens is 337 g/mol. The zero-order valence-electron chi connectivity index (χ0n) is 13.8. The van der Waals surface area contributed by atoms with Crippen LogP contribution >= 0.6 is 11.8 Å². The number of aliphatic hydroxyl groups is 1. The molecule has 0 bridgehead atoms. The van der Waals surface area contributed by atoms with Gasteiger partial charge in [-0.3, -0.25) is 4.57 Å². The normalized spacial score (nSPS) is 16.0. The Morgan fingerprint density at radius 3 is 2.72 bits per heavy atom. The Morgan fingerprint density at radius 1 is 1.16 bits per heavy atom. The van der Waals surface area contributed by atoms with E-state index in [1.165, 1.54) is 6.07 Å². The third-order valence-electron chi connectivity index (χ3n) is 4.18. The highest BCUT2D eigenvalue weighted by Gasteiger charge is 2.26. The van der Waals surface area contributed by atoms with Crippen LogP contribution in [0.1, 0.15) is 28.9 Å². The lowest BCUT2D eigenvalue weighted by molar-refractivity contribution is 0.177. The van der Waals surface area contributed by atoms with Crippen LogP contribution in [0.3, 0.4) is 0 Å². The number of aromatic nitrogens is 2. The Balaban J connectivity index is 2.04. The van der Waals surface area contributed by atoms with Crippen molar-refractivity contribution in [3.8, 4) is 5.69 Å². The van der Waals surface area contributed by atoms with E-state index in [4.69, 9.17) is 0 Å². The summed E-state index contributed by atoms with van der Waals surface area (Å²) in [6.45, 7) is 1.87. The molecule has 1 aliphatic heterocycles. The highest BCUT2D eigenvalue weighted by Crippen LogP contribution is 2.32. The zero-order valence-corrected chi connectivity index (χ0v) is 14.6. The molecule has 1 aromatic heterocycles. The molecule has 0 saturated heterocycles. The number of hydrogen-bond acceptors (Lipinski definition) is 4. The Bertz CT molecular complexity index is 996. The molecule has 1 unspecified atom stereocenters. The van der Waals surface area contributed by atoms with Crippen molar-refractivity contribution < 1.29 is 9.50 Å². The Hall–Kier alpha value is -2.44. The van der Waals surface area contributed by atoms with Crippen LogP contribution in [-0.4, -0.2) is 26.6 Å². The molecule has 1 aliphatic rings. The van der Waals surface area contributed by atoms with Crippen LogP contribution in [-0.2, 0) is 0 Å². The number of hydrogen-bond donors (Lipinski definition) is 1. The van der Waals surface area contributed by atoms with E-state index in [1.54, 1.807) is 30.0 Å². The summed E-state index contributed by atoms with van der Waals surface area (Å²) in [7, 11) is 0. The van der Waals surface area contributed by atoms with Crippen molar-refractivity contribution in [2.24, 2.45) is 4.99 Å². The van der Waals surface area contributed by atoms with Gasteiger partial charge in [0.25, 0.3) is 0 Å². The summed E-state index contributed by atoms with van der Waals surface area (Å²) >= 11 is 1.60. The van der Waals surface area contributed by atoms with Gasteiger partial charge in [-0.2, -0.15) is 0 Å². The second kappa shape index (κ2) is 6.13. The quantitative estimate of drug-likeness (QED) is 0.711. The lowest BCUT2D eigenvalue weighted by atomic mass is 10.00. The smallest absolute Gasteiger partial charge is 0.205 e. The Kier molecular flexibility index (Phi) is 3.94. The van der Waals surface area contributed by atoms with Crippen LogP contribution in [0, 0.1) is 12.7 Å². The Labute approximate surface area is 149 Å². The lowest BCUT2D eigenvalue weighted by Crippen LogP contribution is -2.09. The summed E-state index contributed by atoms with van der Waals surface area (Å²) in [6.07, 6.45) is 2.68. The van der Waals surface area contributed by atoms with Gasteiger partial charge in [-0.1, -0.05) is 12.1 Å². The van der Waals surface area contributed by atoms with E-state index in [1.807, 2.05) is 42.1 Å². The van der Waals surface area contributed by atoms with E-state index in [2.05, 4.69) is 9.98 Å². The number of benzene rings is 2. The molecule has 0 fully saturated rings. The van der Waals surface area contributed by atoms with Crippen molar-refractivity contribution >= 4 is 17.5 Å². The minimum Gasteiger partial charge on any atom is -0.365 e. The number of nitrogens with zero attached hydrogens (tertiary/aromatic N) is 3. The predicted octanol–water partition coefficient (Wildman–Crippen LogP) is 3.88. The van der Waals surface area contributed by atoms with Gasteiger partial charge in [0.2, 0.25) is 6.23 Å². The molecule has 4 rings (SSSR count). The van der Waals surface area contributed by atoms with Crippen LogP contribution in [0.15, 0.2) is 58.5 Å². The van der Waals surface area contributed by atoms with E-state index in [9.17, 15) is 9.50 Å². The molecule has 0 amide bonds. The molecule has 0 aliphatic carbocycles. The summed E-state index contributed by atoms with van der Waals surface area (Å²) in [6, 6.07) is 12.4. The Morgan fingerprint density at radius 2 is 1.96 bits per heavy atom. The average molecular weight is 353 g/mol. The van der Waals surface area contributed by atoms with Crippen molar-refractivity contribution in [2.75, 3.05) is 6.26 Å². The molecule has 1 N–H and O–H groups in total. The van der Waals surface area contributed by atoms with Crippen LogP contribution in [0.4, 0.5) is 4.39 Å². The molecule has 0 spiro atoms. The van der Waals surface area contributed by atoms with E-state index in [-0.39, 0.29) is 5.82 Å². The van der Waals surface area contributed by atoms with Crippen molar-refractivity contribution in [2.45, 2.75) is 18.0 Å². The third kappa shape index (κ3) is 2.67. The van der Waals surface area contributed by atoms with Gasteiger partial charge in [0.1, 0.15) is 5.82 Å². The average Bonchev–Trinajstić information content (AvgIpc) is 2.97. The van der Waals surface area contributed by atoms with Gasteiger partial charge >= 0.3 is 0 Å². The number of halogens is 1. The van der Waals surface area contributed by atoms with Crippen LogP contribution in [0.5, 0.6) is 0 Å². The van der Waals surface area contributed by atoms with Gasteiger partial charge in [-0.25, -0.2) is 14.4 Å². The van der Waals surface area contributed by atoms with Gasteiger partial charge in [0.15, 0.2) is 5.82 Å². The number of aryl methyl sites for hydroxylation is 1. The summed E-state index contributed by atoms with van der Waals surface area (Å²) < 4.78 is 16.3. The fourth-order valence-corrected chi connectivity index (χ4v) is 3.49. The SMILES string of the molecule is CSc1ccc2c(c1)C(c1ccccc1F)=NC(O)c1nc(C)cn1-2. The minimum atomic E-state index is -1.16. The van der Waals surface area contributed by atoms with E-state index in [0.29, 0.717) is 17.1 Å². The predicted molar refractivity (Wildman–Crippen MR) is 97.1 cm³/mol. The first-order chi connectivity index (χ1) is 12.1. The number of fused-ring (bicyclic) bond motifs is 3. The first-order valence-electron chi connectivity index (χ1n) is 7.84. The second-order valence-electron chi connectivity index (χ2n) is 5.82. The fourth-order valence-electron chi connectivity index (χ4n) is 3.05. The summed E-state index contributed by atoms with van der Waals surface area (Å²) in [5.74, 6) is 0.0617. The minimum absolute atomic E-state index is 0.364. The number of rotatable bonds is 2. The van der Waals surface area contributed by atoms with Crippen molar-refractivity contribution in [3.05, 3.63) is 77.1 Å². The number of aliphatic hydroxyl groups excluding tert-OH is 1. The molecule has 0 saturated carbocycles. The first-order valence-corrected chi connectivity index (χ1v) is 9.06. The summed E-state index contributed by atoms with van der Waals surface area (Å²) in [4.78, 5) is 9.85. The highest BCUT2D eigenvalue weighted by atomic mass is 32.2. The van der Waals surface area contributed by atoms with Crippen molar-refractivity contribution in [1.29, 1.82) is 0 Å². The van der Waals surface area contributed by atoms with Gasteiger partial charge in [-0.15, -0.1) is 11.8 Å². The molecule has 1 atom stereocenters. The molecule has 0 radical (unpaired) electrons. The van der Waals surface area contributed by atoms with Crippen LogP contribution < -0.4 is 0 Å². The molecular formula is C19H16FN3OS. The maximum Gasteiger partial charge on any atom is 0.205 e. The number of thioether (sulfide) groups is 1. The summed E-state index contributed by atoms with van der Waals surface area (Å²) in [5, 5.41) is 10.6. The van der Waals surface area contributed by atoms with Gasteiger partial charge in [0, 0.05) is 22.2 Å². The number of imidazole rings is 1. The van der Waals surface area contributed by atoms with Gasteiger partial charge in [-0.05, 0) is 43.5 Å². The maximum absolute atomic E-state index is 14.4. The van der Waals surface area contributed by atoms with Crippen molar-refractivity contribution in [3.63, 3.8) is 0 Å². The zero-order chi connectivity index (χ0) is 17.6. The fraction of sp³-hybridized carbons (Fsp3) is 0.158. The first kappa shape index (κ1) is 16.1. The topological polar surface area (TPSA) is 50.4 Å². The van der Waals surface area contributed by atoms with Gasteiger partial charge in [0.05, 0.1) is 17.1 Å². The molecule has 3 aromatic rings. The molecule has 6 heteroatoms. The lowest BCUT2D eigenvalue weighted by Gasteiger charge is -2.13.